The minimum atomic E-state index is -0.0647. The van der Waals surface area contributed by atoms with Crippen molar-refractivity contribution in [1.82, 2.24) is 4.90 Å². The van der Waals surface area contributed by atoms with Crippen molar-refractivity contribution in [2.75, 3.05) is 32.1 Å². The maximum Gasteiger partial charge on any atom is 0.254 e. The lowest BCUT2D eigenvalue weighted by atomic mass is 10.1. The van der Waals surface area contributed by atoms with Gasteiger partial charge >= 0.3 is 0 Å². The summed E-state index contributed by atoms with van der Waals surface area (Å²) in [5, 5.41) is 0.515. The van der Waals surface area contributed by atoms with E-state index in [1.165, 1.54) is 4.90 Å². The van der Waals surface area contributed by atoms with Gasteiger partial charge in [-0.05, 0) is 31.5 Å². The second-order valence-corrected chi connectivity index (χ2v) is 4.85. The van der Waals surface area contributed by atoms with Crippen molar-refractivity contribution in [3.8, 4) is 0 Å². The number of halogens is 1. The number of nitrogens with zero attached hydrogens (tertiary/aromatic N) is 2. The van der Waals surface area contributed by atoms with Crippen LogP contribution in [0.25, 0.3) is 0 Å². The molecule has 1 aromatic carbocycles. The summed E-state index contributed by atoms with van der Waals surface area (Å²) in [5.41, 5.74) is 1.62. The van der Waals surface area contributed by atoms with Crippen LogP contribution in [0.5, 0.6) is 0 Å². The molecule has 0 unspecified atom stereocenters. The first-order chi connectivity index (χ1) is 8.51. The molecule has 0 atom stereocenters. The summed E-state index contributed by atoms with van der Waals surface area (Å²) in [5.74, 6) is -0.0647. The number of carbonyl (C=O) groups excluding carboxylic acids is 1. The molecule has 18 heavy (non-hydrogen) atoms. The molecular formula is C14H21ClN2O. The predicted molar refractivity (Wildman–Crippen MR) is 77.6 cm³/mol. The van der Waals surface area contributed by atoms with Gasteiger partial charge in [0.1, 0.15) is 0 Å². The Morgan fingerprint density at radius 3 is 2.39 bits per heavy atom. The summed E-state index contributed by atoms with van der Waals surface area (Å²) in [6.45, 7) is 6.19. The first-order valence-electron chi connectivity index (χ1n) is 6.27. The van der Waals surface area contributed by atoms with Crippen LogP contribution < -0.4 is 4.90 Å². The van der Waals surface area contributed by atoms with Gasteiger partial charge < -0.3 is 9.80 Å². The molecule has 0 radical (unpaired) electrons. The average molecular weight is 269 g/mol. The van der Waals surface area contributed by atoms with Crippen LogP contribution in [0.3, 0.4) is 0 Å². The molecule has 0 saturated heterocycles. The standard InChI is InChI=1S/C14H21ClN2O/c1-5-9-17(6-2)11-7-8-12(13(15)10-11)14(18)16(3)4/h7-8,10H,5-6,9H2,1-4H3. The molecule has 0 heterocycles. The Hall–Kier alpha value is -1.22. The van der Waals surface area contributed by atoms with E-state index >= 15 is 0 Å². The molecule has 100 valence electrons. The molecule has 4 heteroatoms. The number of hydrogen-bond acceptors (Lipinski definition) is 2. The van der Waals surface area contributed by atoms with E-state index in [2.05, 4.69) is 18.7 Å². The largest absolute Gasteiger partial charge is 0.372 e. The van der Waals surface area contributed by atoms with Crippen LogP contribution in [0.4, 0.5) is 5.69 Å². The highest BCUT2D eigenvalue weighted by Gasteiger charge is 2.14. The molecule has 0 fully saturated rings. The lowest BCUT2D eigenvalue weighted by Crippen LogP contribution is -2.24. The minimum absolute atomic E-state index is 0.0647. The molecular weight excluding hydrogens is 248 g/mol. The van der Waals surface area contributed by atoms with Gasteiger partial charge in [-0.2, -0.15) is 0 Å². The number of hydrogen-bond donors (Lipinski definition) is 0. The molecule has 0 bridgehead atoms. The maximum absolute atomic E-state index is 11.9. The summed E-state index contributed by atoms with van der Waals surface area (Å²) < 4.78 is 0. The van der Waals surface area contributed by atoms with Crippen molar-refractivity contribution >= 4 is 23.2 Å². The Morgan fingerprint density at radius 1 is 1.28 bits per heavy atom. The third-order valence-electron chi connectivity index (χ3n) is 2.83. The van der Waals surface area contributed by atoms with Gasteiger partial charge in [0, 0.05) is 32.9 Å². The van der Waals surface area contributed by atoms with E-state index in [0.29, 0.717) is 10.6 Å². The summed E-state index contributed by atoms with van der Waals surface area (Å²) in [6, 6.07) is 5.64. The molecule has 3 nitrogen and oxygen atoms in total. The summed E-state index contributed by atoms with van der Waals surface area (Å²) in [7, 11) is 3.45. The highest BCUT2D eigenvalue weighted by Crippen LogP contribution is 2.24. The highest BCUT2D eigenvalue weighted by molar-refractivity contribution is 6.34. The van der Waals surface area contributed by atoms with E-state index in [9.17, 15) is 4.79 Å². The van der Waals surface area contributed by atoms with E-state index < -0.39 is 0 Å². The van der Waals surface area contributed by atoms with Crippen LogP contribution in [0.15, 0.2) is 18.2 Å². The van der Waals surface area contributed by atoms with Gasteiger partial charge in [0.05, 0.1) is 10.6 Å². The van der Waals surface area contributed by atoms with Gasteiger partial charge in [0.2, 0.25) is 0 Å². The zero-order chi connectivity index (χ0) is 13.7. The van der Waals surface area contributed by atoms with Crippen LogP contribution >= 0.6 is 11.6 Å². The molecule has 0 spiro atoms. The van der Waals surface area contributed by atoms with E-state index in [4.69, 9.17) is 11.6 Å². The fraction of sp³-hybridized carbons (Fsp3) is 0.500. The molecule has 0 aliphatic heterocycles. The molecule has 0 aliphatic rings. The zero-order valence-electron chi connectivity index (χ0n) is 11.5. The smallest absolute Gasteiger partial charge is 0.254 e. The van der Waals surface area contributed by atoms with E-state index in [0.717, 1.165) is 25.2 Å². The topological polar surface area (TPSA) is 23.6 Å². The Bertz CT molecular complexity index is 418. The van der Waals surface area contributed by atoms with E-state index in [1.807, 2.05) is 12.1 Å². The van der Waals surface area contributed by atoms with Gasteiger partial charge in [-0.15, -0.1) is 0 Å². The molecule has 1 aromatic rings. The molecule has 0 aromatic heterocycles. The van der Waals surface area contributed by atoms with Crippen molar-refractivity contribution in [3.63, 3.8) is 0 Å². The second-order valence-electron chi connectivity index (χ2n) is 4.44. The van der Waals surface area contributed by atoms with Crippen LogP contribution in [-0.4, -0.2) is 38.0 Å². The number of carbonyl (C=O) groups is 1. The Kier molecular flexibility index (Phi) is 5.48. The van der Waals surface area contributed by atoms with Crippen molar-refractivity contribution < 1.29 is 4.79 Å². The minimum Gasteiger partial charge on any atom is -0.372 e. The van der Waals surface area contributed by atoms with Crippen LogP contribution in [0, 0.1) is 0 Å². The predicted octanol–water partition coefficient (Wildman–Crippen LogP) is 3.28. The van der Waals surface area contributed by atoms with Crippen molar-refractivity contribution in [2.24, 2.45) is 0 Å². The van der Waals surface area contributed by atoms with Gasteiger partial charge in [0.25, 0.3) is 5.91 Å². The van der Waals surface area contributed by atoms with Crippen LogP contribution in [-0.2, 0) is 0 Å². The molecule has 0 saturated carbocycles. The van der Waals surface area contributed by atoms with Crippen LogP contribution in [0.2, 0.25) is 5.02 Å². The highest BCUT2D eigenvalue weighted by atomic mass is 35.5. The average Bonchev–Trinajstić information content (AvgIpc) is 2.34. The Labute approximate surface area is 114 Å². The number of benzene rings is 1. The van der Waals surface area contributed by atoms with Gasteiger partial charge in [-0.25, -0.2) is 0 Å². The fourth-order valence-electron chi connectivity index (χ4n) is 1.85. The van der Waals surface area contributed by atoms with E-state index in [-0.39, 0.29) is 5.91 Å². The first kappa shape index (κ1) is 14.8. The van der Waals surface area contributed by atoms with Crippen LogP contribution in [0.1, 0.15) is 30.6 Å². The van der Waals surface area contributed by atoms with Gasteiger partial charge in [-0.3, -0.25) is 4.79 Å². The lowest BCUT2D eigenvalue weighted by molar-refractivity contribution is 0.0828. The first-order valence-corrected chi connectivity index (χ1v) is 6.65. The maximum atomic E-state index is 11.9. The normalized spacial score (nSPS) is 10.3. The number of amides is 1. The number of rotatable bonds is 5. The monoisotopic (exact) mass is 268 g/mol. The van der Waals surface area contributed by atoms with Crippen molar-refractivity contribution in [3.05, 3.63) is 28.8 Å². The molecule has 0 N–H and O–H groups in total. The summed E-state index contributed by atoms with van der Waals surface area (Å²) >= 11 is 6.20. The van der Waals surface area contributed by atoms with Gasteiger partial charge in [0.15, 0.2) is 0 Å². The Balaban J connectivity index is 3.01. The van der Waals surface area contributed by atoms with Crippen molar-refractivity contribution in [1.29, 1.82) is 0 Å². The summed E-state index contributed by atoms with van der Waals surface area (Å²) in [4.78, 5) is 15.6. The molecule has 0 aliphatic carbocycles. The number of anilines is 1. The molecule has 1 amide bonds. The zero-order valence-corrected chi connectivity index (χ0v) is 12.3. The fourth-order valence-corrected chi connectivity index (χ4v) is 2.11. The quantitative estimate of drug-likeness (QED) is 0.818. The van der Waals surface area contributed by atoms with Gasteiger partial charge in [-0.1, -0.05) is 18.5 Å². The lowest BCUT2D eigenvalue weighted by Gasteiger charge is -2.23. The Morgan fingerprint density at radius 2 is 1.94 bits per heavy atom. The molecule has 1 rings (SSSR count). The second kappa shape index (κ2) is 6.64. The third-order valence-corrected chi connectivity index (χ3v) is 3.14. The van der Waals surface area contributed by atoms with Crippen molar-refractivity contribution in [2.45, 2.75) is 20.3 Å². The summed E-state index contributed by atoms with van der Waals surface area (Å²) in [6.07, 6.45) is 1.09. The SMILES string of the molecule is CCCN(CC)c1ccc(C(=O)N(C)C)c(Cl)c1. The van der Waals surface area contributed by atoms with E-state index in [1.54, 1.807) is 20.2 Å². The third kappa shape index (κ3) is 3.39.